The number of fused-ring (bicyclic) bond motifs is 1. The lowest BCUT2D eigenvalue weighted by Gasteiger charge is -2.25. The minimum atomic E-state index is -0.597. The van der Waals surface area contributed by atoms with E-state index in [2.05, 4.69) is 21.4 Å². The predicted molar refractivity (Wildman–Crippen MR) is 176 cm³/mol. The summed E-state index contributed by atoms with van der Waals surface area (Å²) in [6.07, 6.45) is 3.91. The Kier molecular flexibility index (Phi) is 9.13. The van der Waals surface area contributed by atoms with E-state index < -0.39 is 11.5 Å². The number of ether oxygens (including phenoxy) is 2. The molecule has 0 spiro atoms. The van der Waals surface area contributed by atoms with Crippen molar-refractivity contribution in [2.75, 3.05) is 32.1 Å². The number of nitrogens with one attached hydrogen (secondary N) is 1. The van der Waals surface area contributed by atoms with Crippen LogP contribution < -0.4 is 15.6 Å². The molecular weight excluding hydrogens is 629 g/mol. The van der Waals surface area contributed by atoms with Crippen LogP contribution in [0, 0.1) is 5.92 Å². The van der Waals surface area contributed by atoms with E-state index in [0.29, 0.717) is 52.1 Å². The molecule has 2 aromatic carbocycles. The summed E-state index contributed by atoms with van der Waals surface area (Å²) < 4.78 is 12.2. The molecular formula is C34H33Cl2N5O5. The smallest absolute Gasteiger partial charge is 0.310 e. The molecule has 0 unspecified atom stereocenters. The van der Waals surface area contributed by atoms with Crippen LogP contribution in [0.15, 0.2) is 59.5 Å². The average molecular weight is 663 g/mol. The number of esters is 1. The molecule has 0 bridgehead atoms. The van der Waals surface area contributed by atoms with Crippen molar-refractivity contribution in [2.45, 2.75) is 32.2 Å². The van der Waals surface area contributed by atoms with Crippen LogP contribution in [0.5, 0.6) is 5.88 Å². The number of rotatable bonds is 8. The lowest BCUT2D eigenvalue weighted by atomic mass is 9.99. The number of benzene rings is 2. The molecule has 1 saturated heterocycles. The highest BCUT2D eigenvalue weighted by Gasteiger charge is 2.38. The summed E-state index contributed by atoms with van der Waals surface area (Å²) in [5.74, 6) is -0.308. The summed E-state index contributed by atoms with van der Waals surface area (Å²) in [5.41, 5.74) is 4.58. The summed E-state index contributed by atoms with van der Waals surface area (Å²) in [6.45, 7) is 3.68. The Hall–Kier alpha value is -4.25. The number of likely N-dealkylation sites (tertiary alicyclic amines) is 1. The molecule has 0 saturated carbocycles. The van der Waals surface area contributed by atoms with E-state index in [0.717, 1.165) is 41.6 Å². The number of carbonyl (C=O) groups is 2. The zero-order chi connectivity index (χ0) is 32.5. The standard InChI is InChI=1S/C34H33Cl2N5O5/c1-4-46-34(44)20-14-16-41(18-20)27-12-11-19-17-26(39-32(45-3)28(19)27)23-9-5-7-21(29(23)35)22-8-6-10-25(30(22)36)38-31(42)24-13-15-37-40(2)33(24)43/h5-10,13,15,17,20,27H,4,11-12,14,16,18H2,1-3H3,(H,38,42)/t20-,27+/m1/s1. The summed E-state index contributed by atoms with van der Waals surface area (Å²) in [6, 6.07) is 14.4. The lowest BCUT2D eigenvalue weighted by molar-refractivity contribution is -0.147. The van der Waals surface area contributed by atoms with E-state index in [-0.39, 0.29) is 28.5 Å². The van der Waals surface area contributed by atoms with Gasteiger partial charge in [0, 0.05) is 48.1 Å². The first kappa shape index (κ1) is 31.7. The summed E-state index contributed by atoms with van der Waals surface area (Å²) in [7, 11) is 3.09. The van der Waals surface area contributed by atoms with E-state index in [4.69, 9.17) is 37.7 Å². The molecule has 1 aliphatic heterocycles. The van der Waals surface area contributed by atoms with Gasteiger partial charge in [0.05, 0.1) is 41.1 Å². The highest BCUT2D eigenvalue weighted by molar-refractivity contribution is 6.39. The number of amides is 1. The van der Waals surface area contributed by atoms with Crippen molar-refractivity contribution in [3.8, 4) is 28.3 Å². The fourth-order valence-corrected chi connectivity index (χ4v) is 7.01. The third-order valence-corrected chi connectivity index (χ3v) is 9.48. The number of hydrogen-bond donors (Lipinski definition) is 1. The summed E-state index contributed by atoms with van der Waals surface area (Å²) in [5, 5.41) is 7.32. The number of aromatic nitrogens is 3. The van der Waals surface area contributed by atoms with Gasteiger partial charge in [0.25, 0.3) is 11.5 Å². The van der Waals surface area contributed by atoms with Crippen LogP contribution in [0.3, 0.4) is 0 Å². The highest BCUT2D eigenvalue weighted by atomic mass is 35.5. The van der Waals surface area contributed by atoms with Crippen molar-refractivity contribution in [2.24, 2.45) is 13.0 Å². The van der Waals surface area contributed by atoms with Gasteiger partial charge in [-0.3, -0.25) is 19.3 Å². The number of aryl methyl sites for hydroxylation is 2. The number of carbonyl (C=O) groups excluding carboxylic acids is 2. The Labute approximate surface area is 276 Å². The minimum absolute atomic E-state index is 0.0542. The van der Waals surface area contributed by atoms with Crippen LogP contribution in [0.2, 0.25) is 10.0 Å². The Morgan fingerprint density at radius 1 is 1.04 bits per heavy atom. The van der Waals surface area contributed by atoms with Crippen LogP contribution in [0.4, 0.5) is 5.69 Å². The number of halogens is 2. The third-order valence-electron chi connectivity index (χ3n) is 8.67. The molecule has 3 heterocycles. The SMILES string of the molecule is CCOC(=O)[C@@H]1CCN([C@H]2CCc3cc(-c4cccc(-c5cccc(NC(=O)c6ccnn(C)c6=O)c5Cl)c4Cl)nc(OC)c32)C1. The number of pyridine rings is 1. The molecule has 2 atom stereocenters. The lowest BCUT2D eigenvalue weighted by Crippen LogP contribution is -2.28. The predicted octanol–water partition coefficient (Wildman–Crippen LogP) is 5.95. The van der Waals surface area contributed by atoms with Crippen molar-refractivity contribution >= 4 is 40.8 Å². The molecule has 46 heavy (non-hydrogen) atoms. The molecule has 2 aliphatic rings. The van der Waals surface area contributed by atoms with E-state index in [1.54, 1.807) is 19.2 Å². The van der Waals surface area contributed by atoms with Gasteiger partial charge in [0.1, 0.15) is 5.56 Å². The van der Waals surface area contributed by atoms with Crippen LogP contribution in [0.25, 0.3) is 22.4 Å². The van der Waals surface area contributed by atoms with Gasteiger partial charge in [-0.2, -0.15) is 5.10 Å². The molecule has 12 heteroatoms. The van der Waals surface area contributed by atoms with Crippen LogP contribution in [-0.2, 0) is 23.0 Å². The van der Waals surface area contributed by atoms with E-state index in [1.807, 2.05) is 31.2 Å². The van der Waals surface area contributed by atoms with Crippen molar-refractivity contribution in [3.63, 3.8) is 0 Å². The molecule has 10 nitrogen and oxygen atoms in total. The zero-order valence-corrected chi connectivity index (χ0v) is 27.2. The van der Waals surface area contributed by atoms with Gasteiger partial charge in [-0.05, 0) is 56.5 Å². The normalized spacial score (nSPS) is 17.5. The molecule has 1 fully saturated rings. The Bertz CT molecular complexity index is 1890. The zero-order valence-electron chi connectivity index (χ0n) is 25.7. The molecule has 6 rings (SSSR count). The molecule has 2 aromatic heterocycles. The molecule has 1 amide bonds. The molecule has 4 aromatic rings. The van der Waals surface area contributed by atoms with Gasteiger partial charge in [-0.15, -0.1) is 0 Å². The van der Waals surface area contributed by atoms with Gasteiger partial charge in [0.2, 0.25) is 5.88 Å². The van der Waals surface area contributed by atoms with Gasteiger partial charge in [-0.25, -0.2) is 9.67 Å². The second-order valence-corrected chi connectivity index (χ2v) is 12.1. The quantitative estimate of drug-likeness (QED) is 0.230. The van der Waals surface area contributed by atoms with E-state index >= 15 is 0 Å². The number of nitrogens with zero attached hydrogens (tertiary/aromatic N) is 4. The van der Waals surface area contributed by atoms with Crippen LogP contribution >= 0.6 is 23.2 Å². The molecule has 0 radical (unpaired) electrons. The molecule has 1 N–H and O–H groups in total. The topological polar surface area (TPSA) is 116 Å². The first-order valence-corrected chi connectivity index (χ1v) is 15.9. The largest absolute Gasteiger partial charge is 0.481 e. The monoisotopic (exact) mass is 661 g/mol. The minimum Gasteiger partial charge on any atom is -0.481 e. The first-order chi connectivity index (χ1) is 22.2. The Balaban J connectivity index is 1.30. The second kappa shape index (κ2) is 13.2. The summed E-state index contributed by atoms with van der Waals surface area (Å²) >= 11 is 13.9. The maximum atomic E-state index is 12.9. The van der Waals surface area contributed by atoms with Gasteiger partial charge >= 0.3 is 5.97 Å². The van der Waals surface area contributed by atoms with E-state index in [9.17, 15) is 14.4 Å². The van der Waals surface area contributed by atoms with E-state index in [1.165, 1.54) is 19.3 Å². The fraction of sp³-hybridized carbons (Fsp3) is 0.324. The maximum absolute atomic E-state index is 12.9. The van der Waals surface area contributed by atoms with Gasteiger partial charge in [-0.1, -0.05) is 53.5 Å². The number of anilines is 1. The van der Waals surface area contributed by atoms with Crippen molar-refractivity contribution in [1.82, 2.24) is 19.7 Å². The molecule has 238 valence electrons. The number of hydrogen-bond acceptors (Lipinski definition) is 8. The van der Waals surface area contributed by atoms with Gasteiger partial charge in [0.15, 0.2) is 0 Å². The fourth-order valence-electron chi connectivity index (χ4n) is 6.41. The maximum Gasteiger partial charge on any atom is 0.310 e. The van der Waals surface area contributed by atoms with Crippen molar-refractivity contribution in [1.29, 1.82) is 0 Å². The highest BCUT2D eigenvalue weighted by Crippen LogP contribution is 2.46. The summed E-state index contributed by atoms with van der Waals surface area (Å²) in [4.78, 5) is 45.0. The second-order valence-electron chi connectivity index (χ2n) is 11.3. The first-order valence-electron chi connectivity index (χ1n) is 15.1. The van der Waals surface area contributed by atoms with Crippen molar-refractivity contribution in [3.05, 3.63) is 91.8 Å². The number of methoxy groups -OCH3 is 1. The Morgan fingerprint density at radius 3 is 2.54 bits per heavy atom. The van der Waals surface area contributed by atoms with Crippen LogP contribution in [0.1, 0.15) is 47.3 Å². The van der Waals surface area contributed by atoms with Crippen molar-refractivity contribution < 1.29 is 19.1 Å². The van der Waals surface area contributed by atoms with Gasteiger partial charge < -0.3 is 14.8 Å². The third kappa shape index (κ3) is 5.88. The Morgan fingerprint density at radius 2 is 1.78 bits per heavy atom. The van der Waals surface area contributed by atoms with Crippen LogP contribution in [-0.4, -0.2) is 58.3 Å². The molecule has 1 aliphatic carbocycles. The average Bonchev–Trinajstić information content (AvgIpc) is 3.71.